The zero-order chi connectivity index (χ0) is 28.2. The number of rotatable bonds is 7. The van der Waals surface area contributed by atoms with Crippen molar-refractivity contribution in [2.75, 3.05) is 16.8 Å². The molecule has 0 unspecified atom stereocenters. The molecule has 0 saturated carbocycles. The topological polar surface area (TPSA) is 41.6 Å². The molecule has 1 heterocycles. The van der Waals surface area contributed by atoms with Crippen molar-refractivity contribution >= 4 is 49.2 Å². The van der Waals surface area contributed by atoms with E-state index < -0.39 is 12.0 Å². The first-order chi connectivity index (χ1) is 19.3. The molecule has 204 valence electrons. The van der Waals surface area contributed by atoms with E-state index >= 15 is 0 Å². The highest BCUT2D eigenvalue weighted by atomic mass is 79.9. The number of carbonyl (C=O) groups excluding carboxylic acids is 1. The first kappa shape index (κ1) is 28.1. The predicted octanol–water partition coefficient (Wildman–Crippen LogP) is 9.11. The van der Waals surface area contributed by atoms with Gasteiger partial charge in [0, 0.05) is 32.4 Å². The van der Waals surface area contributed by atoms with E-state index in [2.05, 4.69) is 42.1 Å². The molecule has 4 aromatic rings. The molecular weight excluding hydrogens is 642 g/mol. The van der Waals surface area contributed by atoms with Gasteiger partial charge < -0.3 is 15.0 Å². The highest BCUT2D eigenvalue weighted by molar-refractivity contribution is 9.10. The summed E-state index contributed by atoms with van der Waals surface area (Å²) < 4.78 is 35.5. The molecule has 0 radical (unpaired) electrons. The first-order valence-electron chi connectivity index (χ1n) is 12.8. The molecule has 0 saturated heterocycles. The fraction of sp³-hybridized carbons (Fsp3) is 0.156. The number of carbonyl (C=O) groups is 1. The molecule has 5 rings (SSSR count). The molecule has 0 amide bonds. The minimum atomic E-state index is -0.637. The van der Waals surface area contributed by atoms with Crippen LogP contribution >= 0.6 is 31.9 Å². The molecule has 0 aliphatic carbocycles. The Morgan fingerprint density at radius 2 is 1.35 bits per heavy atom. The van der Waals surface area contributed by atoms with Gasteiger partial charge in [-0.05, 0) is 90.8 Å². The lowest BCUT2D eigenvalue weighted by Crippen LogP contribution is -2.41. The molecule has 0 fully saturated rings. The normalized spacial score (nSPS) is 17.1. The number of ether oxygens (including phenoxy) is 1. The lowest BCUT2D eigenvalue weighted by Gasteiger charge is -2.46. The van der Waals surface area contributed by atoms with Gasteiger partial charge in [0.25, 0.3) is 0 Å². The van der Waals surface area contributed by atoms with Gasteiger partial charge in [0.1, 0.15) is 11.6 Å². The van der Waals surface area contributed by atoms with Crippen molar-refractivity contribution in [1.82, 2.24) is 0 Å². The average molecular weight is 668 g/mol. The molecular formula is C32H26Br2F2N2O2. The van der Waals surface area contributed by atoms with Crippen molar-refractivity contribution in [3.05, 3.63) is 140 Å². The van der Waals surface area contributed by atoms with Crippen molar-refractivity contribution in [3.63, 3.8) is 0 Å². The van der Waals surface area contributed by atoms with Gasteiger partial charge in [-0.2, -0.15) is 0 Å². The summed E-state index contributed by atoms with van der Waals surface area (Å²) in [5.74, 6) is -1.17. The van der Waals surface area contributed by atoms with Crippen LogP contribution in [-0.4, -0.2) is 12.6 Å². The van der Waals surface area contributed by atoms with Crippen LogP contribution in [-0.2, 0) is 9.53 Å². The van der Waals surface area contributed by atoms with Gasteiger partial charge in [-0.25, -0.2) is 13.6 Å². The summed E-state index contributed by atoms with van der Waals surface area (Å²) >= 11 is 6.99. The first-order valence-corrected chi connectivity index (χ1v) is 14.4. The Labute approximate surface area is 248 Å². The standard InChI is InChI=1S/C32H26Br2F2N2O2/c1-2-40-32(39)30-28(37-26-15-7-22(33)8-16-26)19-29(20-3-11-24(35)12-4-20)38(27-17-9-23(34)10-18-27)31(30)21-5-13-25(36)14-6-21/h3-18,29,31,37H,2,19H2,1H3/t29-,31+/m0/s1. The molecule has 1 aliphatic heterocycles. The molecule has 2 atom stereocenters. The van der Waals surface area contributed by atoms with Crippen molar-refractivity contribution in [2.24, 2.45) is 0 Å². The van der Waals surface area contributed by atoms with Crippen molar-refractivity contribution in [2.45, 2.75) is 25.4 Å². The van der Waals surface area contributed by atoms with Crippen LogP contribution < -0.4 is 10.2 Å². The smallest absolute Gasteiger partial charge is 0.338 e. The Kier molecular flexibility index (Phi) is 8.66. The summed E-state index contributed by atoms with van der Waals surface area (Å²) in [5.41, 5.74) is 4.34. The van der Waals surface area contributed by atoms with Crippen LogP contribution in [0.25, 0.3) is 0 Å². The van der Waals surface area contributed by atoms with E-state index in [1.165, 1.54) is 24.3 Å². The molecule has 1 aliphatic rings. The second-order valence-corrected chi connectivity index (χ2v) is 11.2. The molecule has 0 spiro atoms. The summed E-state index contributed by atoms with van der Waals surface area (Å²) in [6.07, 6.45) is 0.406. The Balaban J connectivity index is 1.77. The van der Waals surface area contributed by atoms with Gasteiger partial charge >= 0.3 is 5.97 Å². The summed E-state index contributed by atoms with van der Waals surface area (Å²) in [7, 11) is 0. The number of benzene rings is 4. The van der Waals surface area contributed by atoms with Crippen molar-refractivity contribution in [3.8, 4) is 0 Å². The molecule has 4 nitrogen and oxygen atoms in total. The largest absolute Gasteiger partial charge is 0.463 e. The lowest BCUT2D eigenvalue weighted by atomic mass is 9.84. The van der Waals surface area contributed by atoms with E-state index in [0.29, 0.717) is 23.3 Å². The van der Waals surface area contributed by atoms with Gasteiger partial charge in [0.05, 0.1) is 24.3 Å². The second-order valence-electron chi connectivity index (χ2n) is 9.35. The monoisotopic (exact) mass is 666 g/mol. The highest BCUT2D eigenvalue weighted by Crippen LogP contribution is 2.48. The number of esters is 1. The van der Waals surface area contributed by atoms with Crippen LogP contribution in [0.1, 0.15) is 36.6 Å². The van der Waals surface area contributed by atoms with E-state index in [1.807, 2.05) is 48.5 Å². The van der Waals surface area contributed by atoms with Crippen LogP contribution in [0.15, 0.2) is 117 Å². The Hall–Kier alpha value is -3.49. The number of hydrogen-bond donors (Lipinski definition) is 1. The number of hydrogen-bond acceptors (Lipinski definition) is 4. The molecule has 0 aromatic heterocycles. The van der Waals surface area contributed by atoms with E-state index in [9.17, 15) is 13.6 Å². The minimum absolute atomic E-state index is 0.198. The molecule has 4 aromatic carbocycles. The van der Waals surface area contributed by atoms with E-state index in [0.717, 1.165) is 25.9 Å². The van der Waals surface area contributed by atoms with Crippen molar-refractivity contribution in [1.29, 1.82) is 0 Å². The zero-order valence-electron chi connectivity index (χ0n) is 21.6. The average Bonchev–Trinajstić information content (AvgIpc) is 2.95. The summed E-state index contributed by atoms with van der Waals surface area (Å²) in [4.78, 5) is 15.9. The third-order valence-corrected chi connectivity index (χ3v) is 7.87. The van der Waals surface area contributed by atoms with Crippen LogP contribution in [0.5, 0.6) is 0 Å². The van der Waals surface area contributed by atoms with E-state index in [1.54, 1.807) is 31.2 Å². The third-order valence-electron chi connectivity index (χ3n) is 6.81. The Morgan fingerprint density at radius 1 is 0.825 bits per heavy atom. The maximum atomic E-state index is 14.1. The number of anilines is 2. The van der Waals surface area contributed by atoms with Gasteiger partial charge in [-0.3, -0.25) is 0 Å². The minimum Gasteiger partial charge on any atom is -0.463 e. The van der Waals surface area contributed by atoms with Crippen LogP contribution in [0.3, 0.4) is 0 Å². The SMILES string of the molecule is CCOC(=O)C1=C(Nc2ccc(Br)cc2)C[C@@H](c2ccc(F)cc2)N(c2ccc(Br)cc2)[C@@H]1c1ccc(F)cc1. The molecule has 8 heteroatoms. The Bertz CT molecular complexity index is 1510. The maximum Gasteiger partial charge on any atom is 0.338 e. The molecule has 1 N–H and O–H groups in total. The maximum absolute atomic E-state index is 14.1. The summed E-state index contributed by atoms with van der Waals surface area (Å²) in [6.45, 7) is 1.97. The fourth-order valence-corrected chi connectivity index (χ4v) is 5.56. The quantitative estimate of drug-likeness (QED) is 0.200. The zero-order valence-corrected chi connectivity index (χ0v) is 24.8. The van der Waals surface area contributed by atoms with Gasteiger partial charge in [-0.1, -0.05) is 56.1 Å². The molecule has 40 heavy (non-hydrogen) atoms. The van der Waals surface area contributed by atoms with Gasteiger partial charge in [0.2, 0.25) is 0 Å². The van der Waals surface area contributed by atoms with E-state index in [4.69, 9.17) is 4.74 Å². The van der Waals surface area contributed by atoms with Crippen LogP contribution in [0.4, 0.5) is 20.2 Å². The van der Waals surface area contributed by atoms with Crippen LogP contribution in [0, 0.1) is 11.6 Å². The van der Waals surface area contributed by atoms with Gasteiger partial charge in [-0.15, -0.1) is 0 Å². The predicted molar refractivity (Wildman–Crippen MR) is 161 cm³/mol. The number of nitrogens with zero attached hydrogens (tertiary/aromatic N) is 1. The Morgan fingerprint density at radius 3 is 1.90 bits per heavy atom. The lowest BCUT2D eigenvalue weighted by molar-refractivity contribution is -0.139. The van der Waals surface area contributed by atoms with Gasteiger partial charge in [0.15, 0.2) is 0 Å². The summed E-state index contributed by atoms with van der Waals surface area (Å²) in [6, 6.07) is 27.1. The second kappa shape index (κ2) is 12.4. The van der Waals surface area contributed by atoms with Crippen LogP contribution in [0.2, 0.25) is 0 Å². The fourth-order valence-electron chi connectivity index (χ4n) is 5.03. The summed E-state index contributed by atoms with van der Waals surface area (Å²) in [5, 5.41) is 3.48. The van der Waals surface area contributed by atoms with E-state index in [-0.39, 0.29) is 24.3 Å². The third kappa shape index (κ3) is 6.13. The highest BCUT2D eigenvalue weighted by Gasteiger charge is 2.41. The molecule has 0 bridgehead atoms. The number of halogens is 4. The van der Waals surface area contributed by atoms with Crippen molar-refractivity contribution < 1.29 is 18.3 Å². The number of nitrogens with one attached hydrogen (secondary N) is 1.